The molecule has 538 valence electrons. The van der Waals surface area contributed by atoms with Gasteiger partial charge in [-0.05, 0) is 97.7 Å². The molecule has 0 spiro atoms. The predicted octanol–water partition coefficient (Wildman–Crippen LogP) is 2.39. The number of hydrogen-bond acceptors (Lipinski definition) is 22. The average molecular weight is 1380 g/mol. The molecule has 19 atom stereocenters. The maximum atomic E-state index is 14.1. The summed E-state index contributed by atoms with van der Waals surface area (Å²) in [4.78, 5) is 30.2. The molecule has 25 nitrogen and oxygen atoms in total. The first-order valence-corrected chi connectivity index (χ1v) is 34.8. The van der Waals surface area contributed by atoms with Gasteiger partial charge in [0.1, 0.15) is 98.1 Å². The molecule has 99 heavy (non-hydrogen) atoms. The second kappa shape index (κ2) is 32.1. The first kappa shape index (κ1) is 72.8. The van der Waals surface area contributed by atoms with Gasteiger partial charge < -0.3 is 109 Å². The molecule has 4 aromatic carbocycles. The van der Waals surface area contributed by atoms with E-state index in [-0.39, 0.29) is 71.0 Å². The van der Waals surface area contributed by atoms with E-state index in [1.54, 1.807) is 0 Å². The molecule has 14 heterocycles. The van der Waals surface area contributed by atoms with Crippen molar-refractivity contribution < 1.29 is 107 Å². The molecule has 12 saturated heterocycles. The fourth-order valence-electron chi connectivity index (χ4n) is 15.6. The normalized spacial score (nSPS) is 34.2. The largest absolute Gasteiger partial charge is 0.394 e. The van der Waals surface area contributed by atoms with E-state index < -0.39 is 147 Å². The molecule has 11 N–H and O–H groups in total. The third kappa shape index (κ3) is 15.3. The number of carbonyl (C=O) groups is 2. The van der Waals surface area contributed by atoms with Gasteiger partial charge >= 0.3 is 0 Å². The summed E-state index contributed by atoms with van der Waals surface area (Å²) in [7, 11) is 0. The van der Waals surface area contributed by atoms with Crippen molar-refractivity contribution >= 4 is 50.4 Å². The van der Waals surface area contributed by atoms with Gasteiger partial charge in [0.15, 0.2) is 18.3 Å². The van der Waals surface area contributed by atoms with Crippen LogP contribution in [0.5, 0.6) is 0 Å². The second-order valence-electron chi connectivity index (χ2n) is 27.8. The number of allylic oxidation sites excluding steroid dienone is 8. The maximum absolute atomic E-state index is 14.1. The Hall–Kier alpha value is -5.99. The number of ether oxygens (including phenoxy) is 10. The molecule has 1 unspecified atom stereocenters. The van der Waals surface area contributed by atoms with Crippen molar-refractivity contribution in [3.63, 3.8) is 0 Å². The number of hydrogen-bond donors (Lipinski definition) is 11. The fraction of sp³-hybridized carbons (Fsp3) is 0.581. The Kier molecular flexibility index (Phi) is 23.6. The van der Waals surface area contributed by atoms with Crippen LogP contribution in [0, 0.1) is 0 Å². The van der Waals surface area contributed by atoms with Gasteiger partial charge in [-0.3, -0.25) is 9.59 Å². The maximum Gasteiger partial charge on any atom is 0.286 e. The van der Waals surface area contributed by atoms with E-state index in [4.69, 9.17) is 47.4 Å². The fourth-order valence-corrected chi connectivity index (χ4v) is 15.6. The molecule has 0 aliphatic carbocycles. The van der Waals surface area contributed by atoms with E-state index in [0.29, 0.717) is 38.5 Å². The number of carbonyl (C=O) groups excluding carboxylic acids is 2. The molecule has 0 radical (unpaired) electrons. The summed E-state index contributed by atoms with van der Waals surface area (Å²) >= 11 is 0. The van der Waals surface area contributed by atoms with Crippen LogP contribution < -0.4 is 15.5 Å². The van der Waals surface area contributed by atoms with Crippen LogP contribution in [0.3, 0.4) is 0 Å². The van der Waals surface area contributed by atoms with Crippen LogP contribution >= 0.6 is 0 Å². The number of aliphatic hydroxyl groups is 9. The van der Waals surface area contributed by atoms with Crippen LogP contribution in [-0.2, 0) is 67.8 Å². The summed E-state index contributed by atoms with van der Waals surface area (Å²) in [5, 5.41) is 108. The Labute approximate surface area is 575 Å². The minimum atomic E-state index is -1.59. The Bertz CT molecular complexity index is 3610. The molecule has 18 rings (SSSR count). The average Bonchev–Trinajstić information content (AvgIpc) is 1.58. The molecule has 8 bridgehead atoms. The highest BCUT2D eigenvalue weighted by molar-refractivity contribution is 6.08. The molecule has 14 aliphatic heterocycles. The van der Waals surface area contributed by atoms with Crippen molar-refractivity contribution in [3.05, 3.63) is 132 Å². The third-order valence-corrected chi connectivity index (χ3v) is 20.6. The minimum Gasteiger partial charge on any atom is -0.394 e. The molecular formula is C74H97N4O21+. The molecule has 25 heteroatoms. The molecule has 14 aliphatic rings. The zero-order chi connectivity index (χ0) is 69.7. The van der Waals surface area contributed by atoms with Gasteiger partial charge in [-0.2, -0.15) is 4.58 Å². The molecule has 4 aromatic rings. The van der Waals surface area contributed by atoms with E-state index in [2.05, 4.69) is 96.3 Å². The van der Waals surface area contributed by atoms with Gasteiger partial charge in [-0.15, -0.1) is 0 Å². The van der Waals surface area contributed by atoms with Crippen LogP contribution in [0.15, 0.2) is 121 Å². The van der Waals surface area contributed by atoms with Crippen molar-refractivity contribution in [2.45, 2.75) is 193 Å². The summed E-state index contributed by atoms with van der Waals surface area (Å²) < 4.78 is 62.6. The van der Waals surface area contributed by atoms with Gasteiger partial charge in [0.2, 0.25) is 18.1 Å². The zero-order valence-electron chi connectivity index (χ0n) is 56.5. The topological polar surface area (TPSA) is 339 Å². The predicted molar refractivity (Wildman–Crippen MR) is 362 cm³/mol. The highest BCUT2D eigenvalue weighted by atomic mass is 16.7. The number of benzene rings is 4. The summed E-state index contributed by atoms with van der Waals surface area (Å²) in [5.41, 5.74) is 4.85. The van der Waals surface area contributed by atoms with E-state index in [0.717, 1.165) is 55.5 Å². The lowest BCUT2D eigenvalue weighted by Gasteiger charge is -2.47. The summed E-state index contributed by atoms with van der Waals surface area (Å²) in [6.45, 7) is 8.18. The monoisotopic (exact) mass is 1380 g/mol. The highest BCUT2D eigenvalue weighted by Gasteiger charge is 2.54. The summed E-state index contributed by atoms with van der Waals surface area (Å²) in [5.74, 6) is -0.439. The first-order valence-electron chi connectivity index (χ1n) is 34.8. The number of aliphatic hydroxyl groups excluding tert-OH is 9. The van der Waals surface area contributed by atoms with Crippen molar-refractivity contribution in [2.24, 2.45) is 0 Å². The zero-order valence-corrected chi connectivity index (χ0v) is 56.5. The SMILES string of the molecule is CC1(C)C(/C=C/C=C/C=C/C=C2/N(CC(=O)NCCCO[C@H]3[C@H]4CCCO[C@H]5[C@H](O)[C@@H](O)[C@@H](OC([C@@H](CO)O4)[C@@H]3O)O[C@@H]5CO)c3ccc4ccccc4c3C2(C)C)=[N+](CC(=O)NCCCO[C@H]2[C@@H]3OC[C@@H](OCCC[C@H]4O[C@H](CO)[C@@H](O3)[C@H](O)[C@H]4O)[C@@H]2O)c2ccc3ccccc3c21. The number of anilines is 1. The van der Waals surface area contributed by atoms with Crippen molar-refractivity contribution in [1.82, 2.24) is 10.6 Å². The van der Waals surface area contributed by atoms with E-state index in [1.165, 1.54) is 0 Å². The van der Waals surface area contributed by atoms with E-state index in [1.807, 2.05) is 66.8 Å². The molecule has 0 aromatic heterocycles. The van der Waals surface area contributed by atoms with E-state index in [9.17, 15) is 55.5 Å². The quantitative estimate of drug-likeness (QED) is 0.0324. The number of nitrogens with zero attached hydrogens (tertiary/aromatic N) is 2. The van der Waals surface area contributed by atoms with Gasteiger partial charge in [0.05, 0.1) is 44.1 Å². The van der Waals surface area contributed by atoms with Gasteiger partial charge in [-0.1, -0.05) is 98.8 Å². The van der Waals surface area contributed by atoms with E-state index >= 15 is 0 Å². The van der Waals surface area contributed by atoms with Crippen LogP contribution in [0.4, 0.5) is 11.4 Å². The highest BCUT2D eigenvalue weighted by Crippen LogP contribution is 2.51. The summed E-state index contributed by atoms with van der Waals surface area (Å²) in [6.07, 6.45) is -5.39. The Morgan fingerprint density at radius 2 is 1.15 bits per heavy atom. The number of fused-ring (bicyclic) bond motifs is 6. The van der Waals surface area contributed by atoms with Crippen molar-refractivity contribution in [1.29, 1.82) is 0 Å². The number of rotatable bonds is 21. The van der Waals surface area contributed by atoms with Gasteiger partial charge in [0.25, 0.3) is 5.91 Å². The summed E-state index contributed by atoms with van der Waals surface area (Å²) in [6, 6.07) is 24.7. The van der Waals surface area contributed by atoms with Crippen molar-refractivity contribution in [3.8, 4) is 0 Å². The number of amides is 2. The van der Waals surface area contributed by atoms with Crippen molar-refractivity contribution in [2.75, 3.05) is 83.9 Å². The lowest BCUT2D eigenvalue weighted by atomic mass is 9.79. The number of nitrogens with one attached hydrogen (secondary N) is 2. The Morgan fingerprint density at radius 3 is 1.87 bits per heavy atom. The molecule has 2 amide bonds. The second-order valence-corrected chi connectivity index (χ2v) is 27.8. The van der Waals surface area contributed by atoms with Gasteiger partial charge in [0, 0.05) is 74.0 Å². The van der Waals surface area contributed by atoms with Crippen LogP contribution in [0.2, 0.25) is 0 Å². The van der Waals surface area contributed by atoms with Crippen LogP contribution in [0.25, 0.3) is 21.5 Å². The molecule has 12 fully saturated rings. The van der Waals surface area contributed by atoms with Gasteiger partial charge in [-0.25, -0.2) is 0 Å². The standard InChI is InChI=1S/C74H96N4O21/c1-73(2)54(77(46-28-26-42-18-10-12-20-44(42)58(46)73)36-56(82)75-30-16-34-92-66-49-23-15-33-91-67-50(38-79)97-71(64(88)63(67)87)98-69(65(66)89)52(40-81)96-49)24-8-6-5-7-9-25-55-74(3,4)59-45-21-13-11-19-43(45)27-29-47(59)78(55)37-57(83)76-31-17-35-93-70-61(85)53-41-94-72(70)99-68-51(39-80)95-48(22-14-32-90-53)60(84)62(68)86/h5-13,18-21,24-29,48-53,60-72,79-81,84-89H,14-17,22-23,30-41H2,1-4H3,(H-,75,76,82,83)/p+1/t48-,49-,50-,51-,52-,53-,60+,61+,62-,63-,64-,65-,66+,67-,68-,69?,70-,71-,72-/m1/s1. The lowest BCUT2D eigenvalue weighted by molar-refractivity contribution is -0.425. The van der Waals surface area contributed by atoms with Crippen LogP contribution in [-0.4, -0.2) is 263 Å². The third-order valence-electron chi connectivity index (χ3n) is 20.6. The smallest absolute Gasteiger partial charge is 0.286 e. The minimum absolute atomic E-state index is 0.00974. The lowest BCUT2D eigenvalue weighted by Crippen LogP contribution is -2.64. The first-order chi connectivity index (χ1) is 47.8. The molecule has 0 saturated carbocycles. The molecular weight excluding hydrogens is 1280 g/mol. The Balaban J connectivity index is 0.692. The van der Waals surface area contributed by atoms with Crippen LogP contribution in [0.1, 0.15) is 77.3 Å². The Morgan fingerprint density at radius 1 is 0.566 bits per heavy atom.